The van der Waals surface area contributed by atoms with E-state index in [2.05, 4.69) is 19.7 Å². The van der Waals surface area contributed by atoms with Gasteiger partial charge in [0.2, 0.25) is 0 Å². The first kappa shape index (κ1) is 15.8. The first-order chi connectivity index (χ1) is 3.64. The van der Waals surface area contributed by atoms with Crippen molar-refractivity contribution in [1.82, 2.24) is 0 Å². The van der Waals surface area contributed by atoms with E-state index in [1.54, 1.807) is 0 Å². The van der Waals surface area contributed by atoms with Crippen molar-refractivity contribution in [3.8, 4) is 0 Å². The quantitative estimate of drug-likeness (QED) is 0.325. The Balaban J connectivity index is -0.000000109. The standard InChI is InChI=1S/C4H6O2.C2H4.Zn/c1-3(2)4(5)6;1-2;/h1H2,2H3,(H,5,6);1-2H2;/p-1. The van der Waals surface area contributed by atoms with Crippen LogP contribution >= 0.6 is 0 Å². The summed E-state index contributed by atoms with van der Waals surface area (Å²) in [4.78, 5) is 9.49. The molecular weight excluding hydrogens is 169 g/mol. The number of hydrogen-bond acceptors (Lipinski definition) is 2. The number of carbonyl (C=O) groups is 1. The predicted octanol–water partition coefficient (Wildman–Crippen LogP) is 0.112. The molecule has 0 aromatic heterocycles. The first-order valence-electron chi connectivity index (χ1n) is 2.01. The largest absolute Gasteiger partial charge is 0.545 e. The van der Waals surface area contributed by atoms with Crippen LogP contribution in [0.1, 0.15) is 6.92 Å². The Kier molecular flexibility index (Phi) is 18.5. The molecule has 0 saturated heterocycles. The van der Waals surface area contributed by atoms with Gasteiger partial charge >= 0.3 is 0 Å². The van der Waals surface area contributed by atoms with Gasteiger partial charge in [-0.25, -0.2) is 0 Å². The average Bonchev–Trinajstić information content (AvgIpc) is 1.72. The predicted molar refractivity (Wildman–Crippen MR) is 31.1 cm³/mol. The molecule has 0 aromatic carbocycles. The van der Waals surface area contributed by atoms with Crippen molar-refractivity contribution in [2.24, 2.45) is 0 Å². The van der Waals surface area contributed by atoms with Crippen LogP contribution in [0.15, 0.2) is 25.3 Å². The van der Waals surface area contributed by atoms with E-state index in [0.29, 0.717) is 0 Å². The van der Waals surface area contributed by atoms with E-state index in [9.17, 15) is 9.90 Å². The van der Waals surface area contributed by atoms with E-state index < -0.39 is 5.97 Å². The van der Waals surface area contributed by atoms with E-state index in [1.165, 1.54) is 6.92 Å². The van der Waals surface area contributed by atoms with Crippen LogP contribution in [0.25, 0.3) is 0 Å². The van der Waals surface area contributed by atoms with Crippen LogP contribution in [0.5, 0.6) is 0 Å². The van der Waals surface area contributed by atoms with Crippen LogP contribution in [-0.4, -0.2) is 5.97 Å². The van der Waals surface area contributed by atoms with Crippen LogP contribution in [0, 0.1) is 0 Å². The summed E-state index contributed by atoms with van der Waals surface area (Å²) in [6, 6.07) is 0. The van der Waals surface area contributed by atoms with Gasteiger partial charge in [0.05, 0.1) is 5.97 Å². The summed E-state index contributed by atoms with van der Waals surface area (Å²) >= 11 is 0. The summed E-state index contributed by atoms with van der Waals surface area (Å²) < 4.78 is 0. The van der Waals surface area contributed by atoms with Crippen LogP contribution in [0.2, 0.25) is 0 Å². The third-order valence-electron chi connectivity index (χ3n) is 0.348. The maximum Gasteiger partial charge on any atom is 0.0666 e. The number of carbonyl (C=O) groups excluding carboxylic acids is 1. The molecule has 0 atom stereocenters. The Hall–Kier alpha value is -0.427. The Morgan fingerprint density at radius 3 is 1.56 bits per heavy atom. The first-order valence-corrected chi connectivity index (χ1v) is 2.01. The van der Waals surface area contributed by atoms with Crippen molar-refractivity contribution in [2.75, 3.05) is 0 Å². The van der Waals surface area contributed by atoms with Crippen LogP contribution in [0.4, 0.5) is 0 Å². The summed E-state index contributed by atoms with van der Waals surface area (Å²) in [5, 5.41) is 9.49. The fourth-order valence-electron chi connectivity index (χ4n) is 0. The van der Waals surface area contributed by atoms with E-state index in [1.807, 2.05) is 0 Å². The van der Waals surface area contributed by atoms with E-state index in [-0.39, 0.29) is 25.1 Å². The zero-order valence-electron chi connectivity index (χ0n) is 5.64. The molecule has 0 saturated carbocycles. The normalized spacial score (nSPS) is 5.44. The molecule has 0 aromatic rings. The monoisotopic (exact) mass is 177 g/mol. The minimum Gasteiger partial charge on any atom is -0.545 e. The van der Waals surface area contributed by atoms with E-state index in [0.717, 1.165) is 0 Å². The Morgan fingerprint density at radius 2 is 1.56 bits per heavy atom. The van der Waals surface area contributed by atoms with Crippen LogP contribution < -0.4 is 5.11 Å². The molecule has 0 fully saturated rings. The molecule has 0 bridgehead atoms. The van der Waals surface area contributed by atoms with Crippen molar-refractivity contribution in [1.29, 1.82) is 0 Å². The molecule has 9 heavy (non-hydrogen) atoms. The van der Waals surface area contributed by atoms with Crippen molar-refractivity contribution in [2.45, 2.75) is 6.92 Å². The van der Waals surface area contributed by atoms with Gasteiger partial charge in [0, 0.05) is 19.5 Å². The number of rotatable bonds is 1. The topological polar surface area (TPSA) is 40.1 Å². The van der Waals surface area contributed by atoms with Gasteiger partial charge in [0.1, 0.15) is 0 Å². The summed E-state index contributed by atoms with van der Waals surface area (Å²) in [5.74, 6) is -1.19. The van der Waals surface area contributed by atoms with Gasteiger partial charge in [-0.3, -0.25) is 0 Å². The number of carboxylic acids is 1. The van der Waals surface area contributed by atoms with Gasteiger partial charge in [-0.15, -0.1) is 13.2 Å². The maximum atomic E-state index is 9.49. The van der Waals surface area contributed by atoms with Crippen molar-refractivity contribution in [3.63, 3.8) is 0 Å². The maximum absolute atomic E-state index is 9.49. The minimum atomic E-state index is -1.19. The van der Waals surface area contributed by atoms with Crippen molar-refractivity contribution < 1.29 is 29.4 Å². The summed E-state index contributed by atoms with van der Waals surface area (Å²) in [6.45, 7) is 10.5. The number of carboxylic acid groups (broad SMARTS) is 1. The second-order valence-corrected chi connectivity index (χ2v) is 1.07. The van der Waals surface area contributed by atoms with Gasteiger partial charge in [-0.1, -0.05) is 6.58 Å². The van der Waals surface area contributed by atoms with Crippen LogP contribution in [-0.2, 0) is 24.3 Å². The summed E-state index contributed by atoms with van der Waals surface area (Å²) in [7, 11) is 0. The molecule has 48 valence electrons. The Labute approximate surface area is 68.0 Å². The smallest absolute Gasteiger partial charge is 0.0666 e. The molecule has 0 amide bonds. The third-order valence-corrected chi connectivity index (χ3v) is 0.348. The summed E-state index contributed by atoms with van der Waals surface area (Å²) in [6.07, 6.45) is 0. The molecule has 0 heterocycles. The zero-order chi connectivity index (χ0) is 7.15. The van der Waals surface area contributed by atoms with Gasteiger partial charge < -0.3 is 9.90 Å². The number of aliphatic carboxylic acids is 1. The SMILES string of the molecule is C=C.C=C(C)C(=O)[O-].[Zn]. The molecule has 0 unspecified atom stereocenters. The van der Waals surface area contributed by atoms with Gasteiger partial charge in [-0.05, 0) is 12.5 Å². The summed E-state index contributed by atoms with van der Waals surface area (Å²) in [5.41, 5.74) is 0.0648. The van der Waals surface area contributed by atoms with E-state index >= 15 is 0 Å². The van der Waals surface area contributed by atoms with Crippen molar-refractivity contribution >= 4 is 5.97 Å². The minimum absolute atomic E-state index is 0. The molecule has 0 spiro atoms. The number of hydrogen-bond donors (Lipinski definition) is 0. The Morgan fingerprint density at radius 1 is 1.44 bits per heavy atom. The fourth-order valence-corrected chi connectivity index (χ4v) is 0. The van der Waals surface area contributed by atoms with Gasteiger partial charge in [0.25, 0.3) is 0 Å². The second kappa shape index (κ2) is 10.5. The molecule has 2 nitrogen and oxygen atoms in total. The van der Waals surface area contributed by atoms with Gasteiger partial charge in [0.15, 0.2) is 0 Å². The Bertz CT molecular complexity index is 87.2. The van der Waals surface area contributed by atoms with Gasteiger partial charge in [-0.2, -0.15) is 0 Å². The molecular formula is C6H9O2Zn-. The second-order valence-electron chi connectivity index (χ2n) is 1.07. The molecule has 0 aliphatic rings. The molecule has 0 aliphatic heterocycles. The average molecular weight is 179 g/mol. The van der Waals surface area contributed by atoms with Crippen molar-refractivity contribution in [3.05, 3.63) is 25.3 Å². The molecule has 0 N–H and O–H groups in total. The molecule has 0 aliphatic carbocycles. The third kappa shape index (κ3) is 18.4. The van der Waals surface area contributed by atoms with Crippen LogP contribution in [0.3, 0.4) is 0 Å². The fraction of sp³-hybridized carbons (Fsp3) is 0.167. The molecule has 0 radical (unpaired) electrons. The zero-order valence-corrected chi connectivity index (χ0v) is 8.61. The van der Waals surface area contributed by atoms with E-state index in [4.69, 9.17) is 0 Å². The molecule has 0 rings (SSSR count). The molecule has 3 heteroatoms.